The van der Waals surface area contributed by atoms with Gasteiger partial charge in [0.05, 0.1) is 7.11 Å². The summed E-state index contributed by atoms with van der Waals surface area (Å²) in [6.07, 6.45) is 0.227. The molecule has 6 heteroatoms. The third-order valence-corrected chi connectivity index (χ3v) is 5.56. The molecule has 0 aromatic heterocycles. The van der Waals surface area contributed by atoms with E-state index in [2.05, 4.69) is 39.4 Å². The molecule has 0 saturated heterocycles. The van der Waals surface area contributed by atoms with Crippen LogP contribution in [0.15, 0.2) is 48.5 Å². The lowest BCUT2D eigenvalue weighted by molar-refractivity contribution is -0.00179. The number of hydrogen-bond donors (Lipinski definition) is 0. The second-order valence-corrected chi connectivity index (χ2v) is 10.5. The molecule has 0 bridgehead atoms. The summed E-state index contributed by atoms with van der Waals surface area (Å²) in [5.41, 5.74) is 1.32. The van der Waals surface area contributed by atoms with E-state index in [9.17, 15) is 9.59 Å². The molecule has 0 aliphatic rings. The van der Waals surface area contributed by atoms with Gasteiger partial charge in [0, 0.05) is 5.41 Å². The van der Waals surface area contributed by atoms with Gasteiger partial charge in [-0.15, -0.1) is 0 Å². The van der Waals surface area contributed by atoms with E-state index in [0.29, 0.717) is 11.5 Å². The van der Waals surface area contributed by atoms with Crippen molar-refractivity contribution in [2.45, 2.75) is 72.3 Å². The van der Waals surface area contributed by atoms with Crippen molar-refractivity contribution in [3.05, 3.63) is 59.7 Å². The molecule has 0 N–H and O–H groups in total. The first kappa shape index (κ1) is 26.2. The van der Waals surface area contributed by atoms with Crippen LogP contribution in [0.25, 0.3) is 0 Å². The molecule has 6 nitrogen and oxygen atoms in total. The lowest BCUT2D eigenvalue weighted by Crippen LogP contribution is -2.31. The molecule has 0 atom stereocenters. The Morgan fingerprint density at radius 2 is 1.09 bits per heavy atom. The molecular weight excluding hydrogens is 420 g/mol. The third-order valence-electron chi connectivity index (χ3n) is 5.56. The Kier molecular flexibility index (Phi) is 8.17. The Morgan fingerprint density at radius 3 is 1.48 bits per heavy atom. The molecule has 0 radical (unpaired) electrons. The van der Waals surface area contributed by atoms with Crippen molar-refractivity contribution in [2.24, 2.45) is 5.41 Å². The van der Waals surface area contributed by atoms with E-state index in [1.54, 1.807) is 24.3 Å². The number of carbonyl (C=O) groups is 2. The topological polar surface area (TPSA) is 71.1 Å². The summed E-state index contributed by atoms with van der Waals surface area (Å²) in [6.45, 7) is 14.5. The largest absolute Gasteiger partial charge is 0.514 e. The quantitative estimate of drug-likeness (QED) is 0.322. The smallest absolute Gasteiger partial charge is 0.437 e. The van der Waals surface area contributed by atoms with Gasteiger partial charge in [-0.05, 0) is 67.5 Å². The van der Waals surface area contributed by atoms with Crippen LogP contribution in [0.4, 0.5) is 9.59 Å². The number of methoxy groups -OCH3 is 1. The highest BCUT2D eigenvalue weighted by atomic mass is 16.7. The highest BCUT2D eigenvalue weighted by molar-refractivity contribution is 5.64. The Labute approximate surface area is 197 Å². The van der Waals surface area contributed by atoms with Crippen LogP contribution in [-0.2, 0) is 14.9 Å². The van der Waals surface area contributed by atoms with Crippen LogP contribution >= 0.6 is 0 Å². The standard InChI is InChI=1S/C27H36O6/c1-25(2,3)17-18-26(4,5)33-24(29)32-22-15-11-20(12-16-22)27(6,7)19-9-13-21(14-10-19)31-23(28)30-8/h9-16H,17-18H2,1-8H3. The molecule has 2 rings (SSSR count). The van der Waals surface area contributed by atoms with Crippen molar-refractivity contribution < 1.29 is 28.5 Å². The number of hydrogen-bond acceptors (Lipinski definition) is 6. The minimum absolute atomic E-state index is 0.169. The van der Waals surface area contributed by atoms with Crippen molar-refractivity contribution >= 4 is 12.3 Å². The highest BCUT2D eigenvalue weighted by Crippen LogP contribution is 2.34. The van der Waals surface area contributed by atoms with Crippen LogP contribution in [0, 0.1) is 5.41 Å². The summed E-state index contributed by atoms with van der Waals surface area (Å²) in [5, 5.41) is 0. The van der Waals surface area contributed by atoms with Gasteiger partial charge < -0.3 is 18.9 Å². The third kappa shape index (κ3) is 8.12. The van der Waals surface area contributed by atoms with Crippen LogP contribution in [0.3, 0.4) is 0 Å². The average molecular weight is 457 g/mol. The maximum atomic E-state index is 12.3. The predicted octanol–water partition coefficient (Wildman–Crippen LogP) is 7.28. The second kappa shape index (κ2) is 10.3. The van der Waals surface area contributed by atoms with Gasteiger partial charge in [0.15, 0.2) is 0 Å². The Bertz CT molecular complexity index is 934. The van der Waals surface area contributed by atoms with Gasteiger partial charge in [-0.3, -0.25) is 0 Å². The van der Waals surface area contributed by atoms with E-state index < -0.39 is 17.9 Å². The maximum absolute atomic E-state index is 12.3. The van der Waals surface area contributed by atoms with Crippen molar-refractivity contribution in [1.82, 2.24) is 0 Å². The van der Waals surface area contributed by atoms with Gasteiger partial charge in [0.25, 0.3) is 0 Å². The first-order valence-electron chi connectivity index (χ1n) is 11.1. The molecule has 0 aliphatic carbocycles. The van der Waals surface area contributed by atoms with Gasteiger partial charge in [-0.2, -0.15) is 0 Å². The van der Waals surface area contributed by atoms with Gasteiger partial charge >= 0.3 is 12.3 Å². The van der Waals surface area contributed by atoms with Crippen LogP contribution in [0.5, 0.6) is 11.5 Å². The fraction of sp³-hybridized carbons (Fsp3) is 0.481. The Hall–Kier alpha value is -3.02. The van der Waals surface area contributed by atoms with Crippen molar-refractivity contribution in [1.29, 1.82) is 0 Å². The molecule has 33 heavy (non-hydrogen) atoms. The van der Waals surface area contributed by atoms with E-state index >= 15 is 0 Å². The minimum Gasteiger partial charge on any atom is -0.437 e. The summed E-state index contributed by atoms with van der Waals surface area (Å²) in [4.78, 5) is 23.5. The summed E-state index contributed by atoms with van der Waals surface area (Å²) < 4.78 is 20.5. The molecule has 180 valence electrons. The molecule has 0 unspecified atom stereocenters. The zero-order valence-corrected chi connectivity index (χ0v) is 21.0. The monoisotopic (exact) mass is 456 g/mol. The molecular formula is C27H36O6. The number of benzene rings is 2. The molecule has 0 amide bonds. The van der Waals surface area contributed by atoms with Crippen molar-refractivity contribution in [3.63, 3.8) is 0 Å². The number of ether oxygens (including phenoxy) is 4. The van der Waals surface area contributed by atoms with E-state index in [-0.39, 0.29) is 10.8 Å². The number of carbonyl (C=O) groups excluding carboxylic acids is 2. The van der Waals surface area contributed by atoms with Crippen LogP contribution in [0.2, 0.25) is 0 Å². The molecule has 0 saturated carbocycles. The summed E-state index contributed by atoms with van der Waals surface area (Å²) in [5.74, 6) is 0.835. The van der Waals surface area contributed by atoms with Crippen LogP contribution < -0.4 is 9.47 Å². The average Bonchev–Trinajstić information content (AvgIpc) is 2.72. The Morgan fingerprint density at radius 1 is 0.667 bits per heavy atom. The summed E-state index contributed by atoms with van der Waals surface area (Å²) >= 11 is 0. The van der Waals surface area contributed by atoms with E-state index in [4.69, 9.17) is 14.2 Å². The molecule has 0 fully saturated rings. The molecule has 2 aromatic rings. The first-order chi connectivity index (χ1) is 15.2. The van der Waals surface area contributed by atoms with E-state index in [0.717, 1.165) is 24.0 Å². The zero-order valence-electron chi connectivity index (χ0n) is 21.0. The maximum Gasteiger partial charge on any atom is 0.514 e. The fourth-order valence-corrected chi connectivity index (χ4v) is 3.25. The Balaban J connectivity index is 2.02. The lowest BCUT2D eigenvalue weighted by atomic mass is 9.78. The fourth-order valence-electron chi connectivity index (χ4n) is 3.25. The molecule has 0 aliphatic heterocycles. The molecule has 2 aromatic carbocycles. The van der Waals surface area contributed by atoms with Gasteiger partial charge in [-0.25, -0.2) is 9.59 Å². The van der Waals surface area contributed by atoms with Crippen molar-refractivity contribution in [2.75, 3.05) is 7.11 Å². The molecule has 0 spiro atoms. The highest BCUT2D eigenvalue weighted by Gasteiger charge is 2.27. The van der Waals surface area contributed by atoms with Gasteiger partial charge in [0.1, 0.15) is 17.1 Å². The van der Waals surface area contributed by atoms with Crippen LogP contribution in [0.1, 0.15) is 72.4 Å². The second-order valence-electron chi connectivity index (χ2n) is 10.5. The van der Waals surface area contributed by atoms with Gasteiger partial charge in [0.2, 0.25) is 0 Å². The zero-order chi connectivity index (χ0) is 24.9. The number of rotatable bonds is 7. The first-order valence-corrected chi connectivity index (χ1v) is 11.1. The van der Waals surface area contributed by atoms with Gasteiger partial charge in [-0.1, -0.05) is 58.9 Å². The van der Waals surface area contributed by atoms with E-state index in [1.165, 1.54) is 7.11 Å². The SMILES string of the molecule is COC(=O)Oc1ccc(C(C)(C)c2ccc(OC(=O)OC(C)(C)CCC(C)(C)C)cc2)cc1. The summed E-state index contributed by atoms with van der Waals surface area (Å²) in [7, 11) is 1.26. The normalized spacial score (nSPS) is 12.1. The lowest BCUT2D eigenvalue weighted by Gasteiger charge is -2.28. The summed E-state index contributed by atoms with van der Waals surface area (Å²) in [6, 6.07) is 14.6. The van der Waals surface area contributed by atoms with E-state index in [1.807, 2.05) is 38.1 Å². The predicted molar refractivity (Wildman–Crippen MR) is 128 cm³/mol. The van der Waals surface area contributed by atoms with Crippen molar-refractivity contribution in [3.8, 4) is 11.5 Å². The minimum atomic E-state index is -0.756. The molecule has 0 heterocycles. The van der Waals surface area contributed by atoms with Crippen LogP contribution in [-0.4, -0.2) is 25.0 Å².